The summed E-state index contributed by atoms with van der Waals surface area (Å²) in [5.41, 5.74) is 0. The number of carbonyl (C=O) groups excluding carboxylic acids is 3. The highest BCUT2D eigenvalue weighted by molar-refractivity contribution is 5.75. The highest BCUT2D eigenvalue weighted by atomic mass is 16.8. The predicted molar refractivity (Wildman–Crippen MR) is 75.1 cm³/mol. The van der Waals surface area contributed by atoms with Crippen molar-refractivity contribution in [3.8, 4) is 0 Å². The van der Waals surface area contributed by atoms with Gasteiger partial charge in [-0.3, -0.25) is 14.4 Å². The molecule has 0 N–H and O–H groups in total. The molecule has 130 valence electrons. The summed E-state index contributed by atoms with van der Waals surface area (Å²) in [5.74, 6) is -3.33. The van der Waals surface area contributed by atoms with Crippen molar-refractivity contribution < 1.29 is 38.1 Å². The van der Waals surface area contributed by atoms with Crippen LogP contribution in [0.4, 0.5) is 0 Å². The van der Waals surface area contributed by atoms with Gasteiger partial charge in [-0.15, -0.1) is 0 Å². The molecule has 1 aliphatic carbocycles. The first-order valence-electron chi connectivity index (χ1n) is 7.42. The molecule has 1 heterocycles. The average molecular weight is 330 g/mol. The second-order valence-electron chi connectivity index (χ2n) is 6.15. The summed E-state index contributed by atoms with van der Waals surface area (Å²) in [7, 11) is 1.25. The van der Waals surface area contributed by atoms with Gasteiger partial charge in [0.2, 0.25) is 0 Å². The van der Waals surface area contributed by atoms with Crippen molar-refractivity contribution in [1.82, 2.24) is 0 Å². The zero-order chi connectivity index (χ0) is 17.4. The number of hydrogen-bond donors (Lipinski definition) is 0. The van der Waals surface area contributed by atoms with E-state index in [2.05, 4.69) is 0 Å². The minimum Gasteiger partial charge on any atom is -0.469 e. The van der Waals surface area contributed by atoms with Gasteiger partial charge in [-0.1, -0.05) is 0 Å². The Morgan fingerprint density at radius 1 is 1.00 bits per heavy atom. The zero-order valence-corrected chi connectivity index (χ0v) is 13.9. The van der Waals surface area contributed by atoms with Gasteiger partial charge in [-0.05, 0) is 13.8 Å². The van der Waals surface area contributed by atoms with E-state index in [1.165, 1.54) is 21.0 Å². The fraction of sp³-hybridized carbons (Fsp3) is 0.800. The molecule has 2 aliphatic rings. The summed E-state index contributed by atoms with van der Waals surface area (Å²) in [6.45, 7) is 5.94. The summed E-state index contributed by atoms with van der Waals surface area (Å²) in [6.07, 6.45) is -2.77. The topological polar surface area (TPSA) is 97.4 Å². The van der Waals surface area contributed by atoms with E-state index in [0.29, 0.717) is 0 Å². The number of carbonyl (C=O) groups is 3. The van der Waals surface area contributed by atoms with E-state index in [1.54, 1.807) is 13.8 Å². The van der Waals surface area contributed by atoms with Crippen LogP contribution in [0.1, 0.15) is 34.1 Å². The number of fused-ring (bicyclic) bond motifs is 1. The van der Waals surface area contributed by atoms with Crippen LogP contribution in [0.5, 0.6) is 0 Å². The van der Waals surface area contributed by atoms with Crippen molar-refractivity contribution in [2.45, 2.75) is 64.3 Å². The molecule has 8 nitrogen and oxygen atoms in total. The zero-order valence-electron chi connectivity index (χ0n) is 13.9. The number of methoxy groups -OCH3 is 1. The highest BCUT2D eigenvalue weighted by Crippen LogP contribution is 2.42. The van der Waals surface area contributed by atoms with Gasteiger partial charge in [0.1, 0.15) is 30.3 Å². The largest absolute Gasteiger partial charge is 0.469 e. The van der Waals surface area contributed by atoms with Gasteiger partial charge in [-0.2, -0.15) is 0 Å². The van der Waals surface area contributed by atoms with E-state index >= 15 is 0 Å². The lowest BCUT2D eigenvalue weighted by Gasteiger charge is -2.39. The van der Waals surface area contributed by atoms with E-state index in [-0.39, 0.29) is 6.42 Å². The van der Waals surface area contributed by atoms with Crippen LogP contribution < -0.4 is 0 Å². The summed E-state index contributed by atoms with van der Waals surface area (Å²) in [6, 6.07) is 0. The van der Waals surface area contributed by atoms with Gasteiger partial charge >= 0.3 is 17.9 Å². The average Bonchev–Trinajstić information content (AvgIpc) is 2.75. The van der Waals surface area contributed by atoms with Crippen molar-refractivity contribution in [1.29, 1.82) is 0 Å². The van der Waals surface area contributed by atoms with Crippen LogP contribution in [0.25, 0.3) is 0 Å². The maximum Gasteiger partial charge on any atom is 0.312 e. The van der Waals surface area contributed by atoms with Crippen LogP contribution in [0.3, 0.4) is 0 Å². The third kappa shape index (κ3) is 3.81. The van der Waals surface area contributed by atoms with Gasteiger partial charge in [0.25, 0.3) is 0 Å². The Hall–Kier alpha value is -1.67. The van der Waals surface area contributed by atoms with Crippen LogP contribution in [-0.2, 0) is 38.1 Å². The molecular weight excluding hydrogens is 308 g/mol. The lowest BCUT2D eigenvalue weighted by atomic mass is 9.80. The lowest BCUT2D eigenvalue weighted by Crippen LogP contribution is -2.56. The summed E-state index contributed by atoms with van der Waals surface area (Å²) in [4.78, 5) is 34.9. The van der Waals surface area contributed by atoms with Crippen molar-refractivity contribution in [3.63, 3.8) is 0 Å². The molecule has 0 amide bonds. The molecule has 0 aromatic carbocycles. The minimum absolute atomic E-state index is 0.130. The maximum absolute atomic E-state index is 12.1. The van der Waals surface area contributed by atoms with E-state index in [0.717, 1.165) is 0 Å². The van der Waals surface area contributed by atoms with Gasteiger partial charge in [0.15, 0.2) is 5.79 Å². The Morgan fingerprint density at radius 3 is 2.09 bits per heavy atom. The molecule has 2 unspecified atom stereocenters. The van der Waals surface area contributed by atoms with E-state index in [9.17, 15) is 14.4 Å². The maximum atomic E-state index is 12.1. The van der Waals surface area contributed by atoms with Crippen molar-refractivity contribution in [3.05, 3.63) is 0 Å². The van der Waals surface area contributed by atoms with Crippen LogP contribution in [0.15, 0.2) is 0 Å². The molecule has 23 heavy (non-hydrogen) atoms. The fourth-order valence-electron chi connectivity index (χ4n) is 3.16. The molecule has 0 aromatic rings. The number of hydrogen-bond acceptors (Lipinski definition) is 8. The smallest absolute Gasteiger partial charge is 0.312 e. The van der Waals surface area contributed by atoms with Crippen LogP contribution >= 0.6 is 0 Å². The molecule has 1 saturated carbocycles. The quantitative estimate of drug-likeness (QED) is 0.547. The summed E-state index contributed by atoms with van der Waals surface area (Å²) >= 11 is 0. The Kier molecular flexibility index (Phi) is 4.95. The molecule has 0 radical (unpaired) electrons. The van der Waals surface area contributed by atoms with Crippen molar-refractivity contribution in [2.75, 3.05) is 7.11 Å². The number of rotatable bonds is 3. The molecule has 0 spiro atoms. The first-order chi connectivity index (χ1) is 10.6. The SMILES string of the molecule is COC(=O)[C@@H]1CC(OC(C)=O)[C@@H]2OC(C)(C)O[C@@H]2C1OC(C)=O. The minimum atomic E-state index is -0.947. The predicted octanol–water partition coefficient (Wildman–Crippen LogP) is 0.563. The van der Waals surface area contributed by atoms with Gasteiger partial charge < -0.3 is 23.7 Å². The van der Waals surface area contributed by atoms with Crippen LogP contribution in [-0.4, -0.2) is 55.2 Å². The summed E-state index contributed by atoms with van der Waals surface area (Å²) < 4.78 is 27.0. The molecule has 1 saturated heterocycles. The van der Waals surface area contributed by atoms with Crippen LogP contribution in [0, 0.1) is 5.92 Å². The third-order valence-corrected chi connectivity index (χ3v) is 3.86. The van der Waals surface area contributed by atoms with E-state index < -0.39 is 54.0 Å². The monoisotopic (exact) mass is 330 g/mol. The molecule has 0 aromatic heterocycles. The molecular formula is C15H22O8. The van der Waals surface area contributed by atoms with Gasteiger partial charge in [0, 0.05) is 20.3 Å². The van der Waals surface area contributed by atoms with E-state index in [1.807, 2.05) is 0 Å². The first-order valence-corrected chi connectivity index (χ1v) is 7.42. The van der Waals surface area contributed by atoms with Crippen molar-refractivity contribution >= 4 is 17.9 Å². The molecule has 2 rings (SSSR count). The van der Waals surface area contributed by atoms with Gasteiger partial charge in [-0.25, -0.2) is 0 Å². The Balaban J connectivity index is 2.34. The van der Waals surface area contributed by atoms with Gasteiger partial charge in [0.05, 0.1) is 7.11 Å². The third-order valence-electron chi connectivity index (χ3n) is 3.86. The molecule has 8 heteroatoms. The van der Waals surface area contributed by atoms with Crippen LogP contribution in [0.2, 0.25) is 0 Å². The molecule has 1 aliphatic heterocycles. The number of ether oxygens (including phenoxy) is 5. The van der Waals surface area contributed by atoms with Crippen molar-refractivity contribution in [2.24, 2.45) is 5.92 Å². The highest BCUT2D eigenvalue weighted by Gasteiger charge is 2.58. The standard InChI is InChI=1S/C15H22O8/c1-7(16)20-10-6-9(14(18)19-5)11(21-8(2)17)13-12(10)22-15(3,4)23-13/h9-13H,6H2,1-5H3/t9-,10?,11?,12+,13-/m1/s1. The Bertz CT molecular complexity index is 500. The summed E-state index contributed by atoms with van der Waals surface area (Å²) in [5, 5.41) is 0. The number of esters is 3. The Morgan fingerprint density at radius 2 is 1.57 bits per heavy atom. The first kappa shape index (κ1) is 17.7. The lowest BCUT2D eigenvalue weighted by molar-refractivity contribution is -0.188. The second kappa shape index (κ2) is 6.45. The molecule has 0 bridgehead atoms. The fourth-order valence-corrected chi connectivity index (χ4v) is 3.16. The van der Waals surface area contributed by atoms with E-state index in [4.69, 9.17) is 23.7 Å². The normalized spacial score (nSPS) is 35.1. The Labute approximate surface area is 134 Å². The molecule has 5 atom stereocenters. The second-order valence-corrected chi connectivity index (χ2v) is 6.15. The molecule has 2 fully saturated rings.